The molecule has 0 fully saturated rings. The number of hydrogen-bond acceptors (Lipinski definition) is 5. The number of carbonyl (C=O) groups is 1. The van der Waals surface area contributed by atoms with Crippen molar-refractivity contribution in [3.63, 3.8) is 0 Å². The van der Waals surface area contributed by atoms with E-state index in [9.17, 15) is 22.0 Å². The van der Waals surface area contributed by atoms with Crippen molar-refractivity contribution >= 4 is 15.8 Å². The second kappa shape index (κ2) is 7.27. The molecule has 0 heterocycles. The molecule has 0 saturated carbocycles. The van der Waals surface area contributed by atoms with E-state index >= 15 is 0 Å². The van der Waals surface area contributed by atoms with Crippen molar-refractivity contribution in [3.8, 4) is 0 Å². The minimum Gasteiger partial charge on any atom is -0.480 e. The lowest BCUT2D eigenvalue weighted by atomic mass is 10.3. The number of rotatable bonds is 8. The van der Waals surface area contributed by atoms with E-state index in [0.29, 0.717) is 6.07 Å². The second-order valence-electron chi connectivity index (χ2n) is 3.81. The number of benzene rings is 1. The first-order chi connectivity index (χ1) is 9.31. The van der Waals surface area contributed by atoms with Crippen molar-refractivity contribution < 1.29 is 31.8 Å². The first-order valence-electron chi connectivity index (χ1n) is 5.50. The summed E-state index contributed by atoms with van der Waals surface area (Å²) in [6.07, 6.45) is 0. The van der Waals surface area contributed by atoms with Crippen LogP contribution < -0.4 is 5.32 Å². The molecule has 0 aliphatic rings. The summed E-state index contributed by atoms with van der Waals surface area (Å²) in [6, 6.07) is 2.02. The molecule has 6 nitrogen and oxygen atoms in total. The molecule has 20 heavy (non-hydrogen) atoms. The van der Waals surface area contributed by atoms with Crippen LogP contribution in [0.25, 0.3) is 0 Å². The minimum atomic E-state index is -3.87. The van der Waals surface area contributed by atoms with Crippen LogP contribution in [0.4, 0.5) is 8.78 Å². The van der Waals surface area contributed by atoms with Crippen LogP contribution in [0.5, 0.6) is 0 Å². The van der Waals surface area contributed by atoms with Crippen molar-refractivity contribution in [2.24, 2.45) is 0 Å². The van der Waals surface area contributed by atoms with E-state index in [1.807, 2.05) is 0 Å². The number of aliphatic carboxylic acids is 1. The van der Waals surface area contributed by atoms with Gasteiger partial charge < -0.3 is 15.2 Å². The second-order valence-corrected chi connectivity index (χ2v) is 5.80. The maximum Gasteiger partial charge on any atom is 0.329 e. The van der Waals surface area contributed by atoms with Crippen LogP contribution in [-0.4, -0.2) is 45.1 Å². The fourth-order valence-corrected chi connectivity index (χ4v) is 2.47. The highest BCUT2D eigenvalue weighted by molar-refractivity contribution is 7.91. The number of sulfone groups is 1. The number of halogens is 2. The maximum atomic E-state index is 12.9. The molecule has 0 spiro atoms. The third-order valence-corrected chi connectivity index (χ3v) is 3.67. The number of nitrogens with one attached hydrogen (secondary N) is 1. The van der Waals surface area contributed by atoms with Crippen LogP contribution in [0.2, 0.25) is 0 Å². The molecule has 0 aromatic heterocycles. The monoisotopic (exact) mass is 309 g/mol. The Morgan fingerprint density at radius 2 is 1.85 bits per heavy atom. The van der Waals surface area contributed by atoms with Gasteiger partial charge in [-0.2, -0.15) is 0 Å². The van der Waals surface area contributed by atoms with E-state index in [1.54, 1.807) is 0 Å². The standard InChI is InChI=1S/C11H13F2NO5S/c12-8-3-9(13)5-10(4-8)20(17,18)7-14-1-2-19-6-11(15)16/h3-5,14H,1-2,6-7H2,(H,15,16). The molecule has 0 unspecified atom stereocenters. The Kier molecular flexibility index (Phi) is 5.99. The first kappa shape index (κ1) is 16.5. The van der Waals surface area contributed by atoms with Crippen LogP contribution in [0, 0.1) is 11.6 Å². The molecule has 1 rings (SSSR count). The lowest BCUT2D eigenvalue weighted by Crippen LogP contribution is -2.27. The van der Waals surface area contributed by atoms with Crippen molar-refractivity contribution in [2.45, 2.75) is 4.90 Å². The third kappa shape index (κ3) is 5.59. The molecule has 112 valence electrons. The summed E-state index contributed by atoms with van der Waals surface area (Å²) in [6.45, 7) is -0.396. The van der Waals surface area contributed by atoms with Crippen LogP contribution in [-0.2, 0) is 19.4 Å². The minimum absolute atomic E-state index is 0.000663. The number of carboxylic acid groups (broad SMARTS) is 1. The zero-order valence-corrected chi connectivity index (χ0v) is 11.1. The highest BCUT2D eigenvalue weighted by atomic mass is 32.2. The Bertz CT molecular complexity index is 556. The lowest BCUT2D eigenvalue weighted by Gasteiger charge is -2.07. The molecule has 0 amide bonds. The van der Waals surface area contributed by atoms with Gasteiger partial charge in [-0.25, -0.2) is 22.0 Å². The molecule has 0 aliphatic carbocycles. The van der Waals surface area contributed by atoms with Crippen molar-refractivity contribution in [1.82, 2.24) is 5.32 Å². The highest BCUT2D eigenvalue weighted by Gasteiger charge is 2.16. The van der Waals surface area contributed by atoms with Gasteiger partial charge in [-0.3, -0.25) is 0 Å². The summed E-state index contributed by atoms with van der Waals surface area (Å²) >= 11 is 0. The molecule has 1 aromatic carbocycles. The van der Waals surface area contributed by atoms with Crippen LogP contribution >= 0.6 is 0 Å². The summed E-state index contributed by atoms with van der Waals surface area (Å²) in [7, 11) is -3.87. The summed E-state index contributed by atoms with van der Waals surface area (Å²) in [5.74, 6) is -3.62. The normalized spacial score (nSPS) is 11.5. The van der Waals surface area contributed by atoms with E-state index in [-0.39, 0.29) is 13.2 Å². The lowest BCUT2D eigenvalue weighted by molar-refractivity contribution is -0.142. The van der Waals surface area contributed by atoms with Crippen molar-refractivity contribution in [3.05, 3.63) is 29.8 Å². The van der Waals surface area contributed by atoms with E-state index in [4.69, 9.17) is 5.11 Å². The number of hydrogen-bond donors (Lipinski definition) is 2. The number of carboxylic acids is 1. The van der Waals surface area contributed by atoms with Gasteiger partial charge in [0.25, 0.3) is 0 Å². The molecule has 0 aliphatic heterocycles. The van der Waals surface area contributed by atoms with Crippen LogP contribution in [0.3, 0.4) is 0 Å². The van der Waals surface area contributed by atoms with Crippen LogP contribution in [0.1, 0.15) is 0 Å². The quantitative estimate of drug-likeness (QED) is 0.675. The topological polar surface area (TPSA) is 92.7 Å². The zero-order chi connectivity index (χ0) is 15.2. The molecule has 0 saturated heterocycles. The molecule has 0 bridgehead atoms. The Hall–Kier alpha value is -1.58. The van der Waals surface area contributed by atoms with Gasteiger partial charge in [-0.1, -0.05) is 0 Å². The molecule has 0 radical (unpaired) electrons. The van der Waals surface area contributed by atoms with Gasteiger partial charge in [-0.05, 0) is 12.1 Å². The molecule has 2 N–H and O–H groups in total. The Morgan fingerprint density at radius 1 is 1.25 bits per heavy atom. The first-order valence-corrected chi connectivity index (χ1v) is 7.15. The van der Waals surface area contributed by atoms with E-state index in [2.05, 4.69) is 10.1 Å². The molecular weight excluding hydrogens is 296 g/mol. The molecule has 9 heteroatoms. The zero-order valence-electron chi connectivity index (χ0n) is 10.3. The average Bonchev–Trinajstić information content (AvgIpc) is 2.32. The third-order valence-electron chi connectivity index (χ3n) is 2.14. The predicted molar refractivity (Wildman–Crippen MR) is 64.9 cm³/mol. The smallest absolute Gasteiger partial charge is 0.329 e. The Morgan fingerprint density at radius 3 is 2.40 bits per heavy atom. The number of ether oxygens (including phenoxy) is 1. The van der Waals surface area contributed by atoms with E-state index in [0.717, 1.165) is 12.1 Å². The fourth-order valence-electron chi connectivity index (χ4n) is 1.30. The van der Waals surface area contributed by atoms with Gasteiger partial charge in [-0.15, -0.1) is 0 Å². The Labute approximate surface area is 114 Å². The van der Waals surface area contributed by atoms with Gasteiger partial charge in [0, 0.05) is 12.6 Å². The summed E-state index contributed by atoms with van der Waals surface area (Å²) in [5.41, 5.74) is 0. The van der Waals surface area contributed by atoms with Gasteiger partial charge in [0.15, 0.2) is 9.84 Å². The fraction of sp³-hybridized carbons (Fsp3) is 0.364. The molecule has 1 aromatic rings. The van der Waals surface area contributed by atoms with Gasteiger partial charge >= 0.3 is 5.97 Å². The molecule has 0 atom stereocenters. The summed E-state index contributed by atoms with van der Waals surface area (Å²) in [4.78, 5) is 9.66. The summed E-state index contributed by atoms with van der Waals surface area (Å²) < 4.78 is 54.0. The van der Waals surface area contributed by atoms with Crippen molar-refractivity contribution in [1.29, 1.82) is 0 Å². The summed E-state index contributed by atoms with van der Waals surface area (Å²) in [5, 5.41) is 10.8. The van der Waals surface area contributed by atoms with E-state index in [1.165, 1.54) is 0 Å². The van der Waals surface area contributed by atoms with Gasteiger partial charge in [0.2, 0.25) is 0 Å². The van der Waals surface area contributed by atoms with Gasteiger partial charge in [0.1, 0.15) is 24.1 Å². The Balaban J connectivity index is 2.47. The van der Waals surface area contributed by atoms with Crippen LogP contribution in [0.15, 0.2) is 23.1 Å². The predicted octanol–water partition coefficient (Wildman–Crippen LogP) is 0.387. The average molecular weight is 309 g/mol. The van der Waals surface area contributed by atoms with Gasteiger partial charge in [0.05, 0.1) is 11.5 Å². The van der Waals surface area contributed by atoms with Crippen molar-refractivity contribution in [2.75, 3.05) is 25.6 Å². The largest absolute Gasteiger partial charge is 0.480 e. The highest BCUT2D eigenvalue weighted by Crippen LogP contribution is 2.14. The SMILES string of the molecule is O=C(O)COCCNCS(=O)(=O)c1cc(F)cc(F)c1. The van der Waals surface area contributed by atoms with E-state index < -0.39 is 44.8 Å². The maximum absolute atomic E-state index is 12.9. The molecular formula is C11H13F2NO5S.